The number of carbonyl (C=O) groups excluding carboxylic acids is 1. The van der Waals surface area contributed by atoms with E-state index in [9.17, 15) is 4.79 Å². The van der Waals surface area contributed by atoms with Gasteiger partial charge in [0, 0.05) is 20.3 Å². The van der Waals surface area contributed by atoms with Crippen LogP contribution in [0.5, 0.6) is 0 Å². The van der Waals surface area contributed by atoms with Crippen molar-refractivity contribution >= 4 is 5.91 Å². The number of nitrogens with zero attached hydrogens (tertiary/aromatic N) is 1. The van der Waals surface area contributed by atoms with E-state index in [1.807, 2.05) is 6.92 Å². The minimum absolute atomic E-state index is 0.0330. The Morgan fingerprint density at radius 1 is 1.61 bits per heavy atom. The Hall–Kier alpha value is -1.40. The quantitative estimate of drug-likeness (QED) is 0.666. The maximum atomic E-state index is 11.7. The molecular weight excluding hydrogens is 234 g/mol. The molecule has 0 fully saturated rings. The van der Waals surface area contributed by atoms with Crippen molar-refractivity contribution in [1.29, 1.82) is 0 Å². The van der Waals surface area contributed by atoms with Gasteiger partial charge in [-0.2, -0.15) is 0 Å². The van der Waals surface area contributed by atoms with E-state index in [0.717, 1.165) is 12.2 Å². The topological polar surface area (TPSA) is 76.4 Å². The summed E-state index contributed by atoms with van der Waals surface area (Å²) in [5.41, 5.74) is 0. The van der Waals surface area contributed by atoms with Crippen LogP contribution >= 0.6 is 0 Å². The number of nitrogens with one attached hydrogen (secondary N) is 2. The lowest BCUT2D eigenvalue weighted by Crippen LogP contribution is -2.42. The van der Waals surface area contributed by atoms with Crippen LogP contribution in [0.1, 0.15) is 25.0 Å². The predicted octanol–water partition coefficient (Wildman–Crippen LogP) is 0.614. The zero-order valence-electron chi connectivity index (χ0n) is 11.2. The Morgan fingerprint density at radius 3 is 3.00 bits per heavy atom. The smallest absolute Gasteiger partial charge is 0.236 e. The van der Waals surface area contributed by atoms with Crippen molar-refractivity contribution in [3.63, 3.8) is 0 Å². The third-order valence-corrected chi connectivity index (χ3v) is 2.45. The molecule has 0 aliphatic carbocycles. The number of amides is 1. The van der Waals surface area contributed by atoms with Gasteiger partial charge >= 0.3 is 0 Å². The van der Waals surface area contributed by atoms with Crippen molar-refractivity contribution in [3.05, 3.63) is 17.8 Å². The van der Waals surface area contributed by atoms with E-state index in [1.54, 1.807) is 20.2 Å². The first-order valence-electron chi connectivity index (χ1n) is 6.05. The number of aromatic nitrogens is 1. The summed E-state index contributed by atoms with van der Waals surface area (Å²) in [7, 11) is 1.64. The van der Waals surface area contributed by atoms with Gasteiger partial charge in [0.1, 0.15) is 5.76 Å². The van der Waals surface area contributed by atoms with Crippen molar-refractivity contribution in [2.24, 2.45) is 0 Å². The minimum Gasteiger partial charge on any atom is -0.445 e. The molecule has 1 heterocycles. The average molecular weight is 255 g/mol. The summed E-state index contributed by atoms with van der Waals surface area (Å²) < 4.78 is 10.2. The second kappa shape index (κ2) is 7.84. The highest BCUT2D eigenvalue weighted by Gasteiger charge is 2.12. The fourth-order valence-electron chi connectivity index (χ4n) is 1.40. The summed E-state index contributed by atoms with van der Waals surface area (Å²) in [6, 6.07) is -0.278. The van der Waals surface area contributed by atoms with Gasteiger partial charge in [0.25, 0.3) is 0 Å². The van der Waals surface area contributed by atoms with Gasteiger partial charge in [0.15, 0.2) is 0 Å². The molecule has 0 saturated carbocycles. The van der Waals surface area contributed by atoms with E-state index < -0.39 is 0 Å². The first-order valence-corrected chi connectivity index (χ1v) is 6.05. The van der Waals surface area contributed by atoms with Crippen LogP contribution in [-0.2, 0) is 16.1 Å². The second-order valence-electron chi connectivity index (χ2n) is 4.10. The fourth-order valence-corrected chi connectivity index (χ4v) is 1.40. The normalized spacial score (nSPS) is 12.4. The van der Waals surface area contributed by atoms with Crippen LogP contribution in [0.25, 0.3) is 0 Å². The monoisotopic (exact) mass is 255 g/mol. The maximum absolute atomic E-state index is 11.7. The summed E-state index contributed by atoms with van der Waals surface area (Å²) in [4.78, 5) is 15.7. The predicted molar refractivity (Wildman–Crippen MR) is 67.0 cm³/mol. The molecule has 0 bridgehead atoms. The Bertz CT molecular complexity index is 365. The first-order chi connectivity index (χ1) is 8.63. The SMILES string of the molecule is COCCCNC(=O)C(C)NCc1ncc(C)o1. The van der Waals surface area contributed by atoms with Gasteiger partial charge in [-0.25, -0.2) is 4.98 Å². The number of hydrogen-bond donors (Lipinski definition) is 2. The van der Waals surface area contributed by atoms with Crippen molar-refractivity contribution in [1.82, 2.24) is 15.6 Å². The van der Waals surface area contributed by atoms with Crippen molar-refractivity contribution < 1.29 is 13.9 Å². The number of methoxy groups -OCH3 is 1. The lowest BCUT2D eigenvalue weighted by atomic mass is 10.3. The average Bonchev–Trinajstić information content (AvgIpc) is 2.77. The summed E-state index contributed by atoms with van der Waals surface area (Å²) in [5.74, 6) is 1.32. The molecule has 0 spiro atoms. The molecule has 1 rings (SSSR count). The molecule has 1 aromatic heterocycles. The zero-order valence-corrected chi connectivity index (χ0v) is 11.2. The van der Waals surface area contributed by atoms with Gasteiger partial charge in [-0.05, 0) is 20.3 Å². The number of rotatable bonds is 8. The number of ether oxygens (including phenoxy) is 1. The molecule has 18 heavy (non-hydrogen) atoms. The second-order valence-corrected chi connectivity index (χ2v) is 4.10. The van der Waals surface area contributed by atoms with E-state index in [-0.39, 0.29) is 11.9 Å². The highest BCUT2D eigenvalue weighted by atomic mass is 16.5. The van der Waals surface area contributed by atoms with Crippen molar-refractivity contribution in [2.45, 2.75) is 32.9 Å². The van der Waals surface area contributed by atoms with Crippen LogP contribution < -0.4 is 10.6 Å². The third-order valence-electron chi connectivity index (χ3n) is 2.45. The van der Waals surface area contributed by atoms with Gasteiger partial charge in [0.05, 0.1) is 18.8 Å². The first kappa shape index (κ1) is 14.7. The molecule has 1 unspecified atom stereocenters. The van der Waals surface area contributed by atoms with Crippen LogP contribution in [-0.4, -0.2) is 37.2 Å². The van der Waals surface area contributed by atoms with Crippen molar-refractivity contribution in [2.75, 3.05) is 20.3 Å². The molecule has 0 radical (unpaired) electrons. The Labute approximate surface area is 107 Å². The number of aryl methyl sites for hydroxylation is 1. The molecule has 1 aromatic rings. The lowest BCUT2D eigenvalue weighted by Gasteiger charge is -2.12. The molecule has 0 aromatic carbocycles. The number of oxazole rings is 1. The van der Waals surface area contributed by atoms with Crippen LogP contribution in [0.15, 0.2) is 10.6 Å². The largest absolute Gasteiger partial charge is 0.445 e. The molecular formula is C12H21N3O3. The number of hydrogen-bond acceptors (Lipinski definition) is 5. The Kier molecular flexibility index (Phi) is 6.38. The van der Waals surface area contributed by atoms with Gasteiger partial charge in [0.2, 0.25) is 11.8 Å². The Morgan fingerprint density at radius 2 is 2.39 bits per heavy atom. The molecule has 0 aliphatic heterocycles. The molecule has 6 heteroatoms. The summed E-state index contributed by atoms with van der Waals surface area (Å²) in [6.45, 7) is 5.36. The lowest BCUT2D eigenvalue weighted by molar-refractivity contribution is -0.122. The van der Waals surface area contributed by atoms with Gasteiger partial charge in [-0.1, -0.05) is 0 Å². The fraction of sp³-hybridized carbons (Fsp3) is 0.667. The van der Waals surface area contributed by atoms with Crippen molar-refractivity contribution in [3.8, 4) is 0 Å². The van der Waals surface area contributed by atoms with E-state index >= 15 is 0 Å². The third kappa shape index (κ3) is 5.29. The van der Waals surface area contributed by atoms with Gasteiger partial charge < -0.3 is 14.5 Å². The number of carbonyl (C=O) groups is 1. The summed E-state index contributed by atoms with van der Waals surface area (Å²) >= 11 is 0. The van der Waals surface area contributed by atoms with Crippen LogP contribution in [0.4, 0.5) is 0 Å². The highest BCUT2D eigenvalue weighted by molar-refractivity contribution is 5.81. The van der Waals surface area contributed by atoms with E-state index in [4.69, 9.17) is 9.15 Å². The van der Waals surface area contributed by atoms with Crippen LogP contribution in [0.2, 0.25) is 0 Å². The standard InChI is InChI=1S/C12H21N3O3/c1-9-7-15-11(18-9)8-14-10(2)12(16)13-5-4-6-17-3/h7,10,14H,4-6,8H2,1-3H3,(H,13,16). The summed E-state index contributed by atoms with van der Waals surface area (Å²) in [6.07, 6.45) is 2.47. The zero-order chi connectivity index (χ0) is 13.4. The van der Waals surface area contributed by atoms with Gasteiger partial charge in [-0.3, -0.25) is 10.1 Å². The molecule has 0 aliphatic rings. The Balaban J connectivity index is 2.19. The van der Waals surface area contributed by atoms with E-state index in [2.05, 4.69) is 15.6 Å². The van der Waals surface area contributed by atoms with Crippen LogP contribution in [0.3, 0.4) is 0 Å². The van der Waals surface area contributed by atoms with E-state index in [1.165, 1.54) is 0 Å². The molecule has 102 valence electrons. The molecule has 1 atom stereocenters. The molecule has 1 amide bonds. The van der Waals surface area contributed by atoms with E-state index in [0.29, 0.717) is 25.6 Å². The molecule has 2 N–H and O–H groups in total. The summed E-state index contributed by atoms with van der Waals surface area (Å²) in [5, 5.41) is 5.88. The van der Waals surface area contributed by atoms with Crippen LogP contribution in [0, 0.1) is 6.92 Å². The maximum Gasteiger partial charge on any atom is 0.236 e. The minimum atomic E-state index is -0.278. The molecule has 6 nitrogen and oxygen atoms in total. The highest BCUT2D eigenvalue weighted by Crippen LogP contribution is 2.01. The molecule has 0 saturated heterocycles. The van der Waals surface area contributed by atoms with Gasteiger partial charge in [-0.15, -0.1) is 0 Å².